The molecule has 1 fully saturated rings. The highest BCUT2D eigenvalue weighted by atomic mass is 35.5. The first-order valence-corrected chi connectivity index (χ1v) is 10.5. The van der Waals surface area contributed by atoms with Crippen molar-refractivity contribution in [3.05, 3.63) is 72.0 Å². The Morgan fingerprint density at radius 1 is 1.26 bits per heavy atom. The van der Waals surface area contributed by atoms with E-state index in [0.29, 0.717) is 35.1 Å². The first-order valence-electron chi connectivity index (χ1n) is 10.1. The van der Waals surface area contributed by atoms with Gasteiger partial charge in [0.15, 0.2) is 5.76 Å². The molecule has 0 radical (unpaired) electrons. The average molecular weight is 487 g/mol. The molecule has 0 spiro atoms. The first-order chi connectivity index (χ1) is 16.3. The van der Waals surface area contributed by atoms with Gasteiger partial charge in [-0.1, -0.05) is 24.8 Å². The van der Waals surface area contributed by atoms with Crippen LogP contribution in [0.15, 0.2) is 77.0 Å². The summed E-state index contributed by atoms with van der Waals surface area (Å²) in [4.78, 5) is 32.9. The van der Waals surface area contributed by atoms with Gasteiger partial charge < -0.3 is 31.6 Å². The van der Waals surface area contributed by atoms with Gasteiger partial charge in [-0.3, -0.25) is 19.6 Å². The van der Waals surface area contributed by atoms with Crippen LogP contribution in [0.1, 0.15) is 12.8 Å². The van der Waals surface area contributed by atoms with Crippen LogP contribution >= 0.6 is 11.6 Å². The molecule has 1 aliphatic carbocycles. The van der Waals surface area contributed by atoms with Crippen LogP contribution in [0.3, 0.4) is 0 Å². The van der Waals surface area contributed by atoms with Gasteiger partial charge in [0.1, 0.15) is 17.0 Å². The minimum absolute atomic E-state index is 0.0472. The number of nitrogens with two attached hydrogens (primary N) is 2. The van der Waals surface area contributed by atoms with Crippen molar-refractivity contribution in [3.8, 4) is 11.5 Å². The number of amides is 2. The van der Waals surface area contributed by atoms with Gasteiger partial charge in [-0.05, 0) is 25.0 Å². The SMILES string of the molecule is C=CN=C/C(=C\N)C(=O)NC1(C(=O)NCC(=C)N=C/C(=C\N)Oc2ccc(OC)cc2Cl)CC1. The maximum atomic E-state index is 12.6. The predicted octanol–water partition coefficient (Wildman–Crippen LogP) is 1.93. The highest BCUT2D eigenvalue weighted by molar-refractivity contribution is 6.32. The maximum Gasteiger partial charge on any atom is 0.255 e. The largest absolute Gasteiger partial charge is 0.497 e. The first kappa shape index (κ1) is 26.2. The van der Waals surface area contributed by atoms with E-state index in [1.54, 1.807) is 18.2 Å². The molecule has 0 atom stereocenters. The van der Waals surface area contributed by atoms with Crippen molar-refractivity contribution in [1.29, 1.82) is 0 Å². The van der Waals surface area contributed by atoms with Crippen LogP contribution in [0.4, 0.5) is 0 Å². The van der Waals surface area contributed by atoms with Crippen molar-refractivity contribution in [2.45, 2.75) is 18.4 Å². The molecule has 2 rings (SSSR count). The molecule has 0 saturated heterocycles. The Morgan fingerprint density at radius 3 is 2.56 bits per heavy atom. The molecule has 10 nitrogen and oxygen atoms in total. The van der Waals surface area contributed by atoms with E-state index in [2.05, 4.69) is 33.8 Å². The molecular formula is C23H27ClN6O4. The van der Waals surface area contributed by atoms with E-state index in [0.717, 1.165) is 6.20 Å². The standard InChI is InChI=1S/C23H27ClN6O4/c1-4-27-13-16(10-25)21(31)30-23(7-8-23)22(32)29-12-15(2)28-14-18(11-26)34-20-6-5-17(33-3)9-19(20)24/h4-6,9-11,13-14H,1-2,7-8,12,25-26H2,3H3,(H,29,32)(H,30,31)/b16-10+,18-11+,27-13?,28-14?. The summed E-state index contributed by atoms with van der Waals surface area (Å²) in [5, 5.41) is 5.73. The Balaban J connectivity index is 1.90. The molecule has 0 unspecified atom stereocenters. The number of carbonyl (C=O) groups is 2. The third kappa shape index (κ3) is 7.24. The zero-order chi connectivity index (χ0) is 25.1. The van der Waals surface area contributed by atoms with Crippen molar-refractivity contribution in [2.24, 2.45) is 21.5 Å². The van der Waals surface area contributed by atoms with Crippen LogP contribution in [0.25, 0.3) is 0 Å². The van der Waals surface area contributed by atoms with Gasteiger partial charge in [0.05, 0.1) is 36.2 Å². The Hall–Kier alpha value is -4.05. The molecule has 0 aromatic heterocycles. The number of hydrogen-bond acceptors (Lipinski definition) is 8. The van der Waals surface area contributed by atoms with E-state index in [9.17, 15) is 9.59 Å². The lowest BCUT2D eigenvalue weighted by atomic mass is 10.2. The summed E-state index contributed by atoms with van der Waals surface area (Å²) in [6.07, 6.45) is 7.18. The Kier molecular flexibility index (Phi) is 9.45. The van der Waals surface area contributed by atoms with Gasteiger partial charge in [0, 0.05) is 30.9 Å². The van der Waals surface area contributed by atoms with Crippen LogP contribution in [0.5, 0.6) is 11.5 Å². The molecule has 11 heteroatoms. The molecule has 2 amide bonds. The van der Waals surface area contributed by atoms with Crippen LogP contribution in [0.2, 0.25) is 5.02 Å². The summed E-state index contributed by atoms with van der Waals surface area (Å²) in [6.45, 7) is 7.28. The fourth-order valence-electron chi connectivity index (χ4n) is 2.61. The summed E-state index contributed by atoms with van der Waals surface area (Å²) in [5.74, 6) is 0.292. The van der Waals surface area contributed by atoms with Gasteiger partial charge >= 0.3 is 0 Å². The summed E-state index contributed by atoms with van der Waals surface area (Å²) in [5.41, 5.74) is 10.5. The van der Waals surface area contributed by atoms with Gasteiger partial charge in [-0.25, -0.2) is 0 Å². The van der Waals surface area contributed by atoms with Crippen molar-refractivity contribution in [1.82, 2.24) is 10.6 Å². The summed E-state index contributed by atoms with van der Waals surface area (Å²) in [7, 11) is 1.53. The monoisotopic (exact) mass is 486 g/mol. The van der Waals surface area contributed by atoms with Crippen molar-refractivity contribution < 1.29 is 19.1 Å². The van der Waals surface area contributed by atoms with Crippen molar-refractivity contribution in [2.75, 3.05) is 13.7 Å². The molecule has 0 bridgehead atoms. The third-order valence-electron chi connectivity index (χ3n) is 4.66. The Morgan fingerprint density at radius 2 is 2.00 bits per heavy atom. The Labute approximate surface area is 202 Å². The zero-order valence-electron chi connectivity index (χ0n) is 18.7. The highest BCUT2D eigenvalue weighted by Gasteiger charge is 2.51. The van der Waals surface area contributed by atoms with Gasteiger partial charge in [-0.15, -0.1) is 0 Å². The highest BCUT2D eigenvalue weighted by Crippen LogP contribution is 2.36. The lowest BCUT2D eigenvalue weighted by molar-refractivity contribution is -0.128. The number of rotatable bonds is 12. The second-order valence-electron chi connectivity index (χ2n) is 7.09. The zero-order valence-corrected chi connectivity index (χ0v) is 19.5. The van der Waals surface area contributed by atoms with E-state index in [1.807, 2.05) is 0 Å². The normalized spacial score (nSPS) is 15.1. The van der Waals surface area contributed by atoms with E-state index in [1.165, 1.54) is 31.9 Å². The van der Waals surface area contributed by atoms with Crippen LogP contribution in [0, 0.1) is 0 Å². The fraction of sp³-hybridized carbons (Fsp3) is 0.217. The maximum absolute atomic E-state index is 12.6. The average Bonchev–Trinajstić information content (AvgIpc) is 3.61. The van der Waals surface area contributed by atoms with Crippen LogP contribution in [-0.2, 0) is 9.59 Å². The number of halogens is 1. The molecule has 180 valence electrons. The molecule has 1 aromatic rings. The third-order valence-corrected chi connectivity index (χ3v) is 4.95. The number of methoxy groups -OCH3 is 1. The van der Waals surface area contributed by atoms with E-state index in [4.69, 9.17) is 32.5 Å². The van der Waals surface area contributed by atoms with E-state index in [-0.39, 0.29) is 23.8 Å². The molecule has 0 heterocycles. The van der Waals surface area contributed by atoms with Crippen molar-refractivity contribution >= 4 is 35.8 Å². The second-order valence-corrected chi connectivity index (χ2v) is 7.50. The van der Waals surface area contributed by atoms with E-state index >= 15 is 0 Å². The molecule has 6 N–H and O–H groups in total. The van der Waals surface area contributed by atoms with Crippen LogP contribution in [-0.4, -0.2) is 43.4 Å². The number of benzene rings is 1. The van der Waals surface area contributed by atoms with Crippen molar-refractivity contribution in [3.63, 3.8) is 0 Å². The number of nitrogens with one attached hydrogen (secondary N) is 2. The number of ether oxygens (including phenoxy) is 2. The number of nitrogens with zero attached hydrogens (tertiary/aromatic N) is 2. The predicted molar refractivity (Wildman–Crippen MR) is 133 cm³/mol. The summed E-state index contributed by atoms with van der Waals surface area (Å²) < 4.78 is 10.7. The molecular weight excluding hydrogens is 460 g/mol. The molecule has 0 aliphatic heterocycles. The summed E-state index contributed by atoms with van der Waals surface area (Å²) in [6, 6.07) is 4.92. The number of allylic oxidation sites excluding steroid dienone is 1. The minimum Gasteiger partial charge on any atom is -0.497 e. The molecule has 1 saturated carbocycles. The second kappa shape index (κ2) is 12.3. The number of hydrogen-bond donors (Lipinski definition) is 4. The lowest BCUT2D eigenvalue weighted by Gasteiger charge is -2.17. The molecule has 1 aliphatic rings. The van der Waals surface area contributed by atoms with Gasteiger partial charge in [0.2, 0.25) is 5.91 Å². The van der Waals surface area contributed by atoms with E-state index < -0.39 is 11.4 Å². The van der Waals surface area contributed by atoms with Gasteiger partial charge in [-0.2, -0.15) is 0 Å². The lowest BCUT2D eigenvalue weighted by Crippen LogP contribution is -2.49. The van der Waals surface area contributed by atoms with Crippen LogP contribution < -0.4 is 31.6 Å². The minimum atomic E-state index is -1.01. The quantitative estimate of drug-likeness (QED) is 0.201. The topological polar surface area (TPSA) is 153 Å². The fourth-order valence-corrected chi connectivity index (χ4v) is 2.82. The molecule has 1 aromatic carbocycles. The smallest absolute Gasteiger partial charge is 0.255 e. The summed E-state index contributed by atoms with van der Waals surface area (Å²) >= 11 is 6.16. The number of aliphatic imine (C=N–C) groups is 2. The number of carbonyl (C=O) groups excluding carboxylic acids is 2. The Bertz CT molecular complexity index is 1070. The van der Waals surface area contributed by atoms with Gasteiger partial charge in [0.25, 0.3) is 5.91 Å². The molecule has 34 heavy (non-hydrogen) atoms.